The molecule has 0 radical (unpaired) electrons. The summed E-state index contributed by atoms with van der Waals surface area (Å²) in [4.78, 5) is 22.2. The number of unbranched alkanes of at least 4 members (excludes halogenated alkanes) is 1. The maximum Gasteiger partial charge on any atom is 0.253 e. The molecule has 2 aromatic rings. The number of hydrogen-bond donors (Lipinski definition) is 0. The van der Waals surface area contributed by atoms with E-state index in [2.05, 4.69) is 39.7 Å². The van der Waals surface area contributed by atoms with Crippen LogP contribution in [0.25, 0.3) is 0 Å². The molecule has 0 saturated carbocycles. The molecular formula is C23H32N4O. The monoisotopic (exact) mass is 380 g/mol. The molecule has 5 nitrogen and oxygen atoms in total. The van der Waals surface area contributed by atoms with Gasteiger partial charge in [0, 0.05) is 62.3 Å². The Morgan fingerprint density at radius 3 is 2.64 bits per heavy atom. The third-order valence-corrected chi connectivity index (χ3v) is 6.16. The highest BCUT2D eigenvalue weighted by atomic mass is 16.2. The van der Waals surface area contributed by atoms with Crippen molar-refractivity contribution in [1.82, 2.24) is 14.5 Å². The van der Waals surface area contributed by atoms with Crippen molar-refractivity contribution in [3.8, 4) is 0 Å². The van der Waals surface area contributed by atoms with E-state index in [1.54, 1.807) is 0 Å². The van der Waals surface area contributed by atoms with Gasteiger partial charge in [-0.1, -0.05) is 13.3 Å². The average molecular weight is 381 g/mol. The van der Waals surface area contributed by atoms with E-state index in [-0.39, 0.29) is 5.91 Å². The largest absolute Gasteiger partial charge is 0.372 e. The summed E-state index contributed by atoms with van der Waals surface area (Å²) in [5.41, 5.74) is 2.04. The highest BCUT2D eigenvalue weighted by molar-refractivity contribution is 5.94. The Kier molecular flexibility index (Phi) is 5.98. The van der Waals surface area contributed by atoms with E-state index >= 15 is 0 Å². The van der Waals surface area contributed by atoms with Crippen LogP contribution in [-0.2, 0) is 6.54 Å². The minimum Gasteiger partial charge on any atom is -0.372 e. The van der Waals surface area contributed by atoms with Crippen LogP contribution in [-0.4, -0.2) is 46.5 Å². The van der Waals surface area contributed by atoms with Crippen molar-refractivity contribution in [2.24, 2.45) is 0 Å². The molecule has 28 heavy (non-hydrogen) atoms. The molecule has 1 aromatic carbocycles. The Labute approximate surface area is 168 Å². The first kappa shape index (κ1) is 19.0. The van der Waals surface area contributed by atoms with Crippen molar-refractivity contribution in [3.05, 3.63) is 48.0 Å². The summed E-state index contributed by atoms with van der Waals surface area (Å²) >= 11 is 0. The number of carbonyl (C=O) groups is 1. The SMILES string of the molecule is CCCCn1ccnc1C1CCCN(C(=O)c2ccc(N3CCCC3)cc2)C1. The Balaban J connectivity index is 1.42. The molecule has 2 aliphatic rings. The topological polar surface area (TPSA) is 41.4 Å². The fraction of sp³-hybridized carbons (Fsp3) is 0.565. The number of rotatable bonds is 6. The lowest BCUT2D eigenvalue weighted by atomic mass is 9.96. The second-order valence-corrected chi connectivity index (χ2v) is 8.16. The van der Waals surface area contributed by atoms with Gasteiger partial charge in [0.15, 0.2) is 0 Å². The smallest absolute Gasteiger partial charge is 0.253 e. The summed E-state index contributed by atoms with van der Waals surface area (Å²) in [5.74, 6) is 1.65. The Bertz CT molecular complexity index is 776. The number of imidazole rings is 1. The first-order valence-electron chi connectivity index (χ1n) is 10.9. The highest BCUT2D eigenvalue weighted by Crippen LogP contribution is 2.28. The van der Waals surface area contributed by atoms with Gasteiger partial charge in [-0.25, -0.2) is 4.98 Å². The van der Waals surface area contributed by atoms with Crippen LogP contribution in [0.1, 0.15) is 67.5 Å². The van der Waals surface area contributed by atoms with Crippen molar-refractivity contribution in [2.75, 3.05) is 31.1 Å². The molecule has 1 aromatic heterocycles. The number of likely N-dealkylation sites (tertiary alicyclic amines) is 1. The normalized spacial score (nSPS) is 20.0. The molecule has 0 aliphatic carbocycles. The Hall–Kier alpha value is -2.30. The molecule has 150 valence electrons. The van der Waals surface area contributed by atoms with Gasteiger partial charge in [0.1, 0.15) is 5.82 Å². The molecule has 1 unspecified atom stereocenters. The van der Waals surface area contributed by atoms with Crippen LogP contribution >= 0.6 is 0 Å². The number of piperidine rings is 1. The van der Waals surface area contributed by atoms with Crippen LogP contribution in [0.3, 0.4) is 0 Å². The zero-order chi connectivity index (χ0) is 19.3. The van der Waals surface area contributed by atoms with Crippen molar-refractivity contribution < 1.29 is 4.79 Å². The van der Waals surface area contributed by atoms with E-state index < -0.39 is 0 Å². The standard InChI is InChI=1S/C23H32N4O/c1-2-3-13-26-17-12-24-22(26)20-7-6-16-27(18-20)23(28)19-8-10-21(11-9-19)25-14-4-5-15-25/h8-12,17,20H,2-7,13-16,18H2,1H3. The Morgan fingerprint density at radius 1 is 1.11 bits per heavy atom. The molecule has 2 aliphatic heterocycles. The van der Waals surface area contributed by atoms with Crippen LogP contribution in [0.15, 0.2) is 36.7 Å². The summed E-state index contributed by atoms with van der Waals surface area (Å²) < 4.78 is 2.28. The molecule has 4 rings (SSSR count). The van der Waals surface area contributed by atoms with E-state index in [0.29, 0.717) is 5.92 Å². The van der Waals surface area contributed by atoms with Crippen molar-refractivity contribution in [3.63, 3.8) is 0 Å². The zero-order valence-electron chi connectivity index (χ0n) is 17.0. The number of aryl methyl sites for hydroxylation is 1. The van der Waals surface area contributed by atoms with Crippen LogP contribution in [0.4, 0.5) is 5.69 Å². The lowest BCUT2D eigenvalue weighted by Crippen LogP contribution is -2.39. The lowest BCUT2D eigenvalue weighted by molar-refractivity contribution is 0.0703. The van der Waals surface area contributed by atoms with E-state index in [9.17, 15) is 4.79 Å². The first-order valence-corrected chi connectivity index (χ1v) is 10.9. The second-order valence-electron chi connectivity index (χ2n) is 8.16. The highest BCUT2D eigenvalue weighted by Gasteiger charge is 2.28. The van der Waals surface area contributed by atoms with Crippen LogP contribution < -0.4 is 4.90 Å². The van der Waals surface area contributed by atoms with Gasteiger partial charge in [-0.2, -0.15) is 0 Å². The second kappa shape index (κ2) is 8.80. The van der Waals surface area contributed by atoms with Gasteiger partial charge in [0.25, 0.3) is 5.91 Å². The molecule has 0 spiro atoms. The number of anilines is 1. The maximum atomic E-state index is 13.1. The summed E-state index contributed by atoms with van der Waals surface area (Å²) in [7, 11) is 0. The molecule has 5 heteroatoms. The number of carbonyl (C=O) groups excluding carboxylic acids is 1. The molecule has 0 bridgehead atoms. The van der Waals surface area contributed by atoms with E-state index in [1.165, 1.54) is 31.4 Å². The summed E-state index contributed by atoms with van der Waals surface area (Å²) in [6.45, 7) is 7.12. The third kappa shape index (κ3) is 4.08. The van der Waals surface area contributed by atoms with Crippen LogP contribution in [0.5, 0.6) is 0 Å². The van der Waals surface area contributed by atoms with Crippen molar-refractivity contribution >= 4 is 11.6 Å². The predicted molar refractivity (Wildman–Crippen MR) is 113 cm³/mol. The number of nitrogens with zero attached hydrogens (tertiary/aromatic N) is 4. The van der Waals surface area contributed by atoms with Gasteiger partial charge in [0.2, 0.25) is 0 Å². The van der Waals surface area contributed by atoms with Gasteiger partial charge >= 0.3 is 0 Å². The van der Waals surface area contributed by atoms with Gasteiger partial charge < -0.3 is 14.4 Å². The quantitative estimate of drug-likeness (QED) is 0.750. The zero-order valence-corrected chi connectivity index (χ0v) is 17.0. The number of hydrogen-bond acceptors (Lipinski definition) is 3. The molecular weight excluding hydrogens is 348 g/mol. The first-order chi connectivity index (χ1) is 13.8. The molecule has 1 amide bonds. The van der Waals surface area contributed by atoms with Gasteiger partial charge in [-0.3, -0.25) is 4.79 Å². The van der Waals surface area contributed by atoms with Gasteiger partial charge in [0.05, 0.1) is 0 Å². The van der Waals surface area contributed by atoms with Crippen molar-refractivity contribution in [2.45, 2.75) is 57.9 Å². The Morgan fingerprint density at radius 2 is 1.89 bits per heavy atom. The number of benzene rings is 1. The average Bonchev–Trinajstić information content (AvgIpc) is 3.44. The molecule has 1 atom stereocenters. The number of aromatic nitrogens is 2. The van der Waals surface area contributed by atoms with Crippen LogP contribution in [0, 0.1) is 0 Å². The van der Waals surface area contributed by atoms with Crippen LogP contribution in [0.2, 0.25) is 0 Å². The van der Waals surface area contributed by atoms with E-state index in [0.717, 1.165) is 57.0 Å². The minimum absolute atomic E-state index is 0.157. The van der Waals surface area contributed by atoms with E-state index in [1.807, 2.05) is 23.2 Å². The third-order valence-electron chi connectivity index (χ3n) is 6.16. The summed E-state index contributed by atoms with van der Waals surface area (Å²) in [5, 5.41) is 0. The van der Waals surface area contributed by atoms with E-state index in [4.69, 9.17) is 0 Å². The molecule has 3 heterocycles. The van der Waals surface area contributed by atoms with Gasteiger partial charge in [-0.15, -0.1) is 0 Å². The number of amides is 1. The minimum atomic E-state index is 0.157. The fourth-order valence-corrected chi connectivity index (χ4v) is 4.54. The lowest BCUT2D eigenvalue weighted by Gasteiger charge is -2.33. The molecule has 2 fully saturated rings. The van der Waals surface area contributed by atoms with Gasteiger partial charge in [-0.05, 0) is 56.4 Å². The summed E-state index contributed by atoms with van der Waals surface area (Å²) in [6, 6.07) is 8.22. The fourth-order valence-electron chi connectivity index (χ4n) is 4.54. The molecule has 2 saturated heterocycles. The predicted octanol–water partition coefficient (Wildman–Crippen LogP) is 4.30. The van der Waals surface area contributed by atoms with Crippen molar-refractivity contribution in [1.29, 1.82) is 0 Å². The summed E-state index contributed by atoms with van der Waals surface area (Å²) in [6.07, 6.45) is 11.0. The molecule has 0 N–H and O–H groups in total. The maximum absolute atomic E-state index is 13.1.